The summed E-state index contributed by atoms with van der Waals surface area (Å²) < 4.78 is 22.4. The number of phosphoric ester groups is 1. The molecule has 2 aromatic heterocycles. The van der Waals surface area contributed by atoms with Crippen LogP contribution >= 0.6 is 7.82 Å². The van der Waals surface area contributed by atoms with Crippen molar-refractivity contribution >= 4 is 24.8 Å². The lowest BCUT2D eigenvalue weighted by Gasteiger charge is -2.30. The third-order valence-electron chi connectivity index (χ3n) is 5.12. The number of phosphoric acid groups is 1. The molecule has 15 heteroatoms. The van der Waals surface area contributed by atoms with Gasteiger partial charge in [-0.05, 0) is 19.4 Å². The van der Waals surface area contributed by atoms with Crippen molar-refractivity contribution in [2.45, 2.75) is 56.3 Å². The molecule has 0 amide bonds. The number of anilines is 1. The SMILES string of the molecule is NCCCCCCc1nc2c(N)ncnc2n1[C@]1(N)O[C@H](COP(=O)(O)O)[C@@H](O)[C@H]1O. The summed E-state index contributed by atoms with van der Waals surface area (Å²) in [6, 6.07) is 0. The zero-order valence-electron chi connectivity index (χ0n) is 16.7. The summed E-state index contributed by atoms with van der Waals surface area (Å²) in [7, 11) is -4.82. The summed E-state index contributed by atoms with van der Waals surface area (Å²) in [5.41, 5.74) is 18.3. The first-order valence-electron chi connectivity index (χ1n) is 9.79. The van der Waals surface area contributed by atoms with E-state index in [4.69, 9.17) is 31.7 Å². The van der Waals surface area contributed by atoms with Gasteiger partial charge in [0.2, 0.25) is 5.85 Å². The molecule has 4 atom stereocenters. The van der Waals surface area contributed by atoms with Crippen LogP contribution in [0.2, 0.25) is 0 Å². The fraction of sp³-hybridized carbons (Fsp3) is 0.688. The summed E-state index contributed by atoms with van der Waals surface area (Å²) >= 11 is 0. The van der Waals surface area contributed by atoms with E-state index in [0.717, 1.165) is 25.7 Å². The normalized spacial score (nSPS) is 26.7. The fourth-order valence-electron chi connectivity index (χ4n) is 3.59. The number of aromatic nitrogens is 4. The molecule has 1 saturated heterocycles. The summed E-state index contributed by atoms with van der Waals surface area (Å²) in [5, 5.41) is 21.1. The van der Waals surface area contributed by atoms with Crippen LogP contribution in [0.3, 0.4) is 0 Å². The number of nitrogens with two attached hydrogens (primary N) is 3. The molecule has 31 heavy (non-hydrogen) atoms. The molecule has 1 aliphatic rings. The van der Waals surface area contributed by atoms with Gasteiger partial charge in [0, 0.05) is 6.42 Å². The summed E-state index contributed by atoms with van der Waals surface area (Å²) in [4.78, 5) is 30.4. The van der Waals surface area contributed by atoms with Crippen molar-refractivity contribution in [1.82, 2.24) is 19.5 Å². The Hall–Kier alpha value is -1.74. The first-order valence-corrected chi connectivity index (χ1v) is 11.3. The molecule has 0 bridgehead atoms. The van der Waals surface area contributed by atoms with Crippen LogP contribution in [-0.2, 0) is 26.1 Å². The fourth-order valence-corrected chi connectivity index (χ4v) is 3.93. The number of aliphatic hydroxyl groups excluding tert-OH is 2. The number of hydrogen-bond acceptors (Lipinski definition) is 11. The largest absolute Gasteiger partial charge is 0.469 e. The second-order valence-electron chi connectivity index (χ2n) is 7.38. The van der Waals surface area contributed by atoms with Gasteiger partial charge in [-0.3, -0.25) is 14.8 Å². The molecular weight excluding hydrogens is 433 g/mol. The van der Waals surface area contributed by atoms with Gasteiger partial charge in [0.05, 0.1) is 6.61 Å². The number of nitrogen functional groups attached to an aromatic ring is 1. The lowest BCUT2D eigenvalue weighted by molar-refractivity contribution is -0.142. The smallest absolute Gasteiger partial charge is 0.387 e. The zero-order chi connectivity index (χ0) is 22.8. The van der Waals surface area contributed by atoms with E-state index in [2.05, 4.69) is 19.5 Å². The van der Waals surface area contributed by atoms with Crippen LogP contribution in [0, 0.1) is 0 Å². The molecule has 0 unspecified atom stereocenters. The van der Waals surface area contributed by atoms with Gasteiger partial charge in [-0.2, -0.15) is 0 Å². The van der Waals surface area contributed by atoms with Crippen LogP contribution < -0.4 is 17.2 Å². The molecule has 0 aromatic carbocycles. The van der Waals surface area contributed by atoms with Crippen molar-refractivity contribution < 1.29 is 33.8 Å². The minimum atomic E-state index is -4.82. The number of imidazole rings is 1. The number of aryl methyl sites for hydroxylation is 1. The maximum Gasteiger partial charge on any atom is 0.469 e. The number of rotatable bonds is 10. The van der Waals surface area contributed by atoms with Gasteiger partial charge in [-0.25, -0.2) is 19.5 Å². The van der Waals surface area contributed by atoms with Crippen molar-refractivity contribution in [3.8, 4) is 0 Å². The Bertz CT molecular complexity index is 954. The van der Waals surface area contributed by atoms with Crippen LogP contribution in [-0.4, -0.2) is 71.0 Å². The summed E-state index contributed by atoms with van der Waals surface area (Å²) in [5.74, 6) is -1.53. The molecule has 3 heterocycles. The molecule has 2 aromatic rings. The van der Waals surface area contributed by atoms with Crippen LogP contribution in [0.4, 0.5) is 5.82 Å². The molecule has 14 nitrogen and oxygen atoms in total. The predicted octanol–water partition coefficient (Wildman–Crippen LogP) is -1.73. The molecule has 0 aliphatic carbocycles. The quantitative estimate of drug-likeness (QED) is 0.154. The highest BCUT2D eigenvalue weighted by molar-refractivity contribution is 7.46. The Labute approximate surface area is 177 Å². The minimum Gasteiger partial charge on any atom is -0.387 e. The number of ether oxygens (including phenoxy) is 1. The van der Waals surface area contributed by atoms with Crippen molar-refractivity contribution in [3.05, 3.63) is 12.2 Å². The Morgan fingerprint density at radius 3 is 2.61 bits per heavy atom. The highest BCUT2D eigenvalue weighted by atomic mass is 31.2. The molecule has 1 aliphatic heterocycles. The third-order valence-corrected chi connectivity index (χ3v) is 5.61. The Morgan fingerprint density at radius 1 is 1.23 bits per heavy atom. The third kappa shape index (κ3) is 5.03. The highest BCUT2D eigenvalue weighted by Crippen LogP contribution is 2.40. The Kier molecular flexibility index (Phi) is 7.25. The number of hydrogen-bond donors (Lipinski definition) is 7. The van der Waals surface area contributed by atoms with E-state index in [-0.39, 0.29) is 17.0 Å². The predicted molar refractivity (Wildman–Crippen MR) is 108 cm³/mol. The van der Waals surface area contributed by atoms with Gasteiger partial charge in [-0.1, -0.05) is 12.8 Å². The van der Waals surface area contributed by atoms with Crippen LogP contribution in [0.5, 0.6) is 0 Å². The van der Waals surface area contributed by atoms with E-state index in [1.54, 1.807) is 0 Å². The van der Waals surface area contributed by atoms with E-state index in [1.807, 2.05) is 0 Å². The molecule has 0 spiro atoms. The highest BCUT2D eigenvalue weighted by Gasteiger charge is 2.55. The second kappa shape index (κ2) is 9.40. The van der Waals surface area contributed by atoms with Crippen molar-refractivity contribution in [1.29, 1.82) is 0 Å². The Balaban J connectivity index is 1.94. The first kappa shape index (κ1) is 23.9. The number of nitrogens with zero attached hydrogens (tertiary/aromatic N) is 4. The monoisotopic (exact) mass is 461 g/mol. The van der Waals surface area contributed by atoms with E-state index >= 15 is 0 Å². The molecule has 174 valence electrons. The van der Waals surface area contributed by atoms with Gasteiger partial charge in [0.25, 0.3) is 0 Å². The average Bonchev–Trinajstić information content (AvgIpc) is 3.18. The van der Waals surface area contributed by atoms with Gasteiger partial charge >= 0.3 is 7.82 Å². The van der Waals surface area contributed by atoms with Gasteiger partial charge in [-0.15, -0.1) is 0 Å². The maximum atomic E-state index is 11.0. The average molecular weight is 461 g/mol. The van der Waals surface area contributed by atoms with E-state index in [1.165, 1.54) is 10.9 Å². The summed E-state index contributed by atoms with van der Waals surface area (Å²) in [6.07, 6.45) is 0.498. The van der Waals surface area contributed by atoms with E-state index in [0.29, 0.717) is 18.8 Å². The number of aliphatic hydroxyl groups is 2. The van der Waals surface area contributed by atoms with E-state index < -0.39 is 38.6 Å². The lowest BCUT2D eigenvalue weighted by atomic mass is 10.1. The molecular formula is C16H28N7O7P. The summed E-state index contributed by atoms with van der Waals surface area (Å²) in [6.45, 7) is -0.0911. The maximum absolute atomic E-state index is 11.0. The van der Waals surface area contributed by atoms with Gasteiger partial charge in [0.15, 0.2) is 17.0 Å². The molecule has 3 rings (SSSR count). The van der Waals surface area contributed by atoms with E-state index in [9.17, 15) is 14.8 Å². The minimum absolute atomic E-state index is 0.103. The standard InChI is InChI=1S/C16H28N7O7P/c17-6-4-2-1-3-5-10-22-11-14(18)20-8-21-15(11)23(10)16(19)13(25)12(24)9(30-16)7-29-31(26,27)28/h8-9,12-13,24-25H,1-7,17,19H2,(H2,18,20,21)(H2,26,27,28)/t9-,12-,13-,16+/m1/s1. The topological polar surface area (TPSA) is 238 Å². The van der Waals surface area contributed by atoms with Crippen molar-refractivity contribution in [2.75, 3.05) is 18.9 Å². The zero-order valence-corrected chi connectivity index (χ0v) is 17.6. The van der Waals surface area contributed by atoms with Crippen LogP contribution in [0.15, 0.2) is 6.33 Å². The van der Waals surface area contributed by atoms with Gasteiger partial charge in [0.1, 0.15) is 30.5 Å². The molecule has 1 fully saturated rings. The van der Waals surface area contributed by atoms with Crippen molar-refractivity contribution in [3.63, 3.8) is 0 Å². The lowest BCUT2D eigenvalue weighted by Crippen LogP contribution is -2.53. The van der Waals surface area contributed by atoms with Crippen LogP contribution in [0.1, 0.15) is 31.5 Å². The number of unbranched alkanes of at least 4 members (excludes halogenated alkanes) is 3. The van der Waals surface area contributed by atoms with Gasteiger partial charge < -0.3 is 36.2 Å². The number of fused-ring (bicyclic) bond motifs is 1. The van der Waals surface area contributed by atoms with Crippen LogP contribution in [0.25, 0.3) is 11.2 Å². The van der Waals surface area contributed by atoms with Crippen molar-refractivity contribution in [2.24, 2.45) is 11.5 Å². The Morgan fingerprint density at radius 2 is 1.94 bits per heavy atom. The molecule has 0 radical (unpaired) electrons. The molecule has 10 N–H and O–H groups in total. The first-order chi connectivity index (χ1) is 14.6. The second-order valence-corrected chi connectivity index (χ2v) is 8.62. The molecule has 0 saturated carbocycles.